The fourth-order valence-electron chi connectivity index (χ4n) is 6.25. The SMILES string of the molecule is COc1ccc2ccccc2c1CCCCN1CCN(C(=O)C(c2ccc(F)cc2)C2CCNCC2)CC1. The van der Waals surface area contributed by atoms with Gasteiger partial charge in [-0.1, -0.05) is 42.5 Å². The monoisotopic (exact) mass is 517 g/mol. The van der Waals surface area contributed by atoms with Crippen molar-refractivity contribution in [2.45, 2.75) is 38.0 Å². The maximum Gasteiger partial charge on any atom is 0.230 e. The van der Waals surface area contributed by atoms with Crippen molar-refractivity contribution >= 4 is 16.7 Å². The molecule has 3 aromatic carbocycles. The summed E-state index contributed by atoms with van der Waals surface area (Å²) in [5.41, 5.74) is 2.25. The molecule has 38 heavy (non-hydrogen) atoms. The first kappa shape index (κ1) is 26.6. The fourth-order valence-corrected chi connectivity index (χ4v) is 6.25. The number of aryl methyl sites for hydroxylation is 1. The number of hydrogen-bond donors (Lipinski definition) is 1. The van der Waals surface area contributed by atoms with Gasteiger partial charge in [0.15, 0.2) is 0 Å². The van der Waals surface area contributed by atoms with Crippen LogP contribution in [0.3, 0.4) is 0 Å². The summed E-state index contributed by atoms with van der Waals surface area (Å²) in [6.07, 6.45) is 5.18. The van der Waals surface area contributed by atoms with Crippen LogP contribution in [0, 0.1) is 11.7 Å². The van der Waals surface area contributed by atoms with E-state index in [2.05, 4.69) is 46.6 Å². The number of ether oxygens (including phenoxy) is 1. The lowest BCUT2D eigenvalue weighted by Gasteiger charge is -2.39. The summed E-state index contributed by atoms with van der Waals surface area (Å²) in [5, 5.41) is 5.94. The van der Waals surface area contributed by atoms with Gasteiger partial charge in [0.25, 0.3) is 0 Å². The average molecular weight is 518 g/mol. The van der Waals surface area contributed by atoms with Gasteiger partial charge in [0.1, 0.15) is 11.6 Å². The van der Waals surface area contributed by atoms with E-state index in [-0.39, 0.29) is 17.6 Å². The molecule has 5 nitrogen and oxygen atoms in total. The van der Waals surface area contributed by atoms with Crippen LogP contribution in [-0.4, -0.2) is 68.6 Å². The second kappa shape index (κ2) is 12.7. The summed E-state index contributed by atoms with van der Waals surface area (Å²) in [5.74, 6) is 1.06. The molecule has 1 N–H and O–H groups in total. The average Bonchev–Trinajstić information content (AvgIpc) is 2.97. The number of halogens is 1. The molecule has 1 amide bonds. The minimum Gasteiger partial charge on any atom is -0.496 e. The van der Waals surface area contributed by atoms with Crippen molar-refractivity contribution in [1.82, 2.24) is 15.1 Å². The number of piperidine rings is 1. The zero-order chi connectivity index (χ0) is 26.3. The Kier molecular flexibility index (Phi) is 8.92. The normalized spacial score (nSPS) is 18.0. The molecule has 1 unspecified atom stereocenters. The third-order valence-electron chi connectivity index (χ3n) is 8.40. The van der Waals surface area contributed by atoms with Crippen LogP contribution >= 0.6 is 0 Å². The van der Waals surface area contributed by atoms with Crippen molar-refractivity contribution < 1.29 is 13.9 Å². The summed E-state index contributed by atoms with van der Waals surface area (Å²) >= 11 is 0. The molecule has 2 aliphatic heterocycles. The fraction of sp³-hybridized carbons (Fsp3) is 0.469. The van der Waals surface area contributed by atoms with E-state index in [0.29, 0.717) is 5.92 Å². The third-order valence-corrected chi connectivity index (χ3v) is 8.40. The van der Waals surface area contributed by atoms with E-state index in [4.69, 9.17) is 4.74 Å². The highest BCUT2D eigenvalue weighted by molar-refractivity contribution is 5.87. The van der Waals surface area contributed by atoms with E-state index in [1.165, 1.54) is 28.5 Å². The van der Waals surface area contributed by atoms with Crippen molar-refractivity contribution in [1.29, 1.82) is 0 Å². The molecule has 0 radical (unpaired) electrons. The Bertz CT molecular complexity index is 1200. The molecule has 0 saturated carbocycles. The van der Waals surface area contributed by atoms with Gasteiger partial charge in [-0.15, -0.1) is 0 Å². The second-order valence-corrected chi connectivity index (χ2v) is 10.7. The van der Waals surface area contributed by atoms with Gasteiger partial charge in [0.2, 0.25) is 5.91 Å². The first-order valence-electron chi connectivity index (χ1n) is 14.2. The molecular weight excluding hydrogens is 477 g/mol. The van der Waals surface area contributed by atoms with Crippen molar-refractivity contribution in [2.75, 3.05) is 52.9 Å². The van der Waals surface area contributed by atoms with E-state index >= 15 is 0 Å². The zero-order valence-electron chi connectivity index (χ0n) is 22.5. The van der Waals surface area contributed by atoms with Gasteiger partial charge in [-0.05, 0) is 92.2 Å². The quantitative estimate of drug-likeness (QED) is 0.395. The lowest BCUT2D eigenvalue weighted by Crippen LogP contribution is -2.51. The highest BCUT2D eigenvalue weighted by Gasteiger charge is 2.35. The maximum absolute atomic E-state index is 13.8. The molecule has 202 valence electrons. The summed E-state index contributed by atoms with van der Waals surface area (Å²) in [7, 11) is 1.75. The van der Waals surface area contributed by atoms with Gasteiger partial charge < -0.3 is 15.0 Å². The minimum absolute atomic E-state index is 0.181. The van der Waals surface area contributed by atoms with E-state index in [9.17, 15) is 9.18 Å². The number of piperazine rings is 1. The molecular formula is C32H40FN3O2. The van der Waals surface area contributed by atoms with Crippen molar-refractivity contribution in [3.05, 3.63) is 77.6 Å². The molecule has 2 aliphatic rings. The van der Waals surface area contributed by atoms with Crippen LogP contribution in [0.4, 0.5) is 4.39 Å². The van der Waals surface area contributed by atoms with Crippen LogP contribution in [0.1, 0.15) is 42.7 Å². The number of amides is 1. The van der Waals surface area contributed by atoms with Crippen LogP contribution in [0.5, 0.6) is 5.75 Å². The number of methoxy groups -OCH3 is 1. The smallest absolute Gasteiger partial charge is 0.230 e. The number of carbonyl (C=O) groups is 1. The molecule has 0 bridgehead atoms. The third kappa shape index (κ3) is 6.19. The predicted molar refractivity (Wildman–Crippen MR) is 151 cm³/mol. The highest BCUT2D eigenvalue weighted by Crippen LogP contribution is 2.34. The second-order valence-electron chi connectivity index (χ2n) is 10.7. The van der Waals surface area contributed by atoms with Crippen LogP contribution in [0.15, 0.2) is 60.7 Å². The summed E-state index contributed by atoms with van der Waals surface area (Å²) < 4.78 is 19.3. The summed E-state index contributed by atoms with van der Waals surface area (Å²) in [4.78, 5) is 18.3. The van der Waals surface area contributed by atoms with Crippen molar-refractivity contribution in [2.24, 2.45) is 5.92 Å². The first-order valence-corrected chi connectivity index (χ1v) is 14.2. The number of fused-ring (bicyclic) bond motifs is 1. The van der Waals surface area contributed by atoms with Crippen LogP contribution in [0.2, 0.25) is 0 Å². The molecule has 0 spiro atoms. The number of rotatable bonds is 9. The molecule has 3 aromatic rings. The Balaban J connectivity index is 1.14. The number of nitrogens with one attached hydrogen (secondary N) is 1. The van der Waals surface area contributed by atoms with Crippen LogP contribution in [-0.2, 0) is 11.2 Å². The number of nitrogens with zero attached hydrogens (tertiary/aromatic N) is 2. The van der Waals surface area contributed by atoms with Crippen LogP contribution in [0.25, 0.3) is 10.8 Å². The standard InChI is InChI=1S/C32H40FN3O2/c1-38-30-14-11-24-6-2-3-7-28(24)29(30)8-4-5-19-35-20-22-36(23-21-35)32(37)31(26-15-17-34-18-16-26)25-9-12-27(33)13-10-25/h2-3,6-7,9-14,26,31,34H,4-5,8,15-23H2,1H3. The van der Waals surface area contributed by atoms with Crippen molar-refractivity contribution in [3.8, 4) is 5.75 Å². The number of hydrogen-bond acceptors (Lipinski definition) is 4. The molecule has 6 heteroatoms. The maximum atomic E-state index is 13.8. The Hall–Kier alpha value is -2.96. The first-order chi connectivity index (χ1) is 18.6. The number of benzene rings is 3. The molecule has 5 rings (SSSR count). The highest BCUT2D eigenvalue weighted by atomic mass is 19.1. The Morgan fingerprint density at radius 3 is 2.45 bits per heavy atom. The molecule has 1 atom stereocenters. The molecule has 2 fully saturated rings. The minimum atomic E-state index is -0.252. The molecule has 2 heterocycles. The lowest BCUT2D eigenvalue weighted by atomic mass is 9.79. The molecule has 0 aromatic heterocycles. The van der Waals surface area contributed by atoms with Gasteiger partial charge in [-0.3, -0.25) is 9.69 Å². The Labute approximate surface area is 226 Å². The molecule has 2 saturated heterocycles. The van der Waals surface area contributed by atoms with Crippen LogP contribution < -0.4 is 10.1 Å². The summed E-state index contributed by atoms with van der Waals surface area (Å²) in [6, 6.07) is 19.3. The van der Waals surface area contributed by atoms with E-state index in [1.807, 2.05) is 4.90 Å². The topological polar surface area (TPSA) is 44.8 Å². The summed E-state index contributed by atoms with van der Waals surface area (Å²) in [6.45, 7) is 6.27. The number of carbonyl (C=O) groups excluding carboxylic acids is 1. The van der Waals surface area contributed by atoms with Gasteiger partial charge in [0, 0.05) is 31.7 Å². The Morgan fingerprint density at radius 2 is 1.71 bits per heavy atom. The van der Waals surface area contributed by atoms with Gasteiger partial charge in [-0.25, -0.2) is 4.39 Å². The van der Waals surface area contributed by atoms with E-state index < -0.39 is 0 Å². The molecule has 0 aliphatic carbocycles. The predicted octanol–water partition coefficient (Wildman–Crippen LogP) is 5.24. The van der Waals surface area contributed by atoms with Gasteiger partial charge >= 0.3 is 0 Å². The Morgan fingerprint density at radius 1 is 0.974 bits per heavy atom. The van der Waals surface area contributed by atoms with Gasteiger partial charge in [0.05, 0.1) is 13.0 Å². The van der Waals surface area contributed by atoms with Crippen molar-refractivity contribution in [3.63, 3.8) is 0 Å². The zero-order valence-corrected chi connectivity index (χ0v) is 22.5. The lowest BCUT2D eigenvalue weighted by molar-refractivity contribution is -0.136. The van der Waals surface area contributed by atoms with E-state index in [1.54, 1.807) is 19.2 Å². The van der Waals surface area contributed by atoms with E-state index in [0.717, 1.165) is 89.2 Å². The number of unbranched alkanes of at least 4 members (excludes halogenated alkanes) is 1. The van der Waals surface area contributed by atoms with Gasteiger partial charge in [-0.2, -0.15) is 0 Å². The largest absolute Gasteiger partial charge is 0.496 e.